The molecule has 0 radical (unpaired) electrons. The third-order valence-corrected chi connectivity index (χ3v) is 11.0. The fourth-order valence-corrected chi connectivity index (χ4v) is 7.32. The molecule has 0 spiro atoms. The summed E-state index contributed by atoms with van der Waals surface area (Å²) in [5, 5.41) is 48.8. The Morgan fingerprint density at radius 1 is 0.797 bits per heavy atom. The van der Waals surface area contributed by atoms with Gasteiger partial charge in [0.15, 0.2) is 5.96 Å². The predicted molar refractivity (Wildman–Crippen MR) is 238 cm³/mol. The first-order valence-electron chi connectivity index (χ1n) is 22.0. The number of carbonyl (C=O) groups excluding carboxylic acids is 5. The number of aliphatic carboxylic acids is 2. The lowest BCUT2D eigenvalue weighted by Crippen LogP contribution is -2.48. The average Bonchev–Trinajstić information content (AvgIpc) is 3.78. The third kappa shape index (κ3) is 20.4. The van der Waals surface area contributed by atoms with Crippen molar-refractivity contribution in [3.8, 4) is 0 Å². The van der Waals surface area contributed by atoms with Gasteiger partial charge in [0, 0.05) is 97.9 Å². The van der Waals surface area contributed by atoms with Crippen molar-refractivity contribution in [2.75, 3.05) is 99.2 Å². The van der Waals surface area contributed by atoms with Crippen molar-refractivity contribution in [3.05, 3.63) is 35.4 Å². The first-order chi connectivity index (χ1) is 30.5. The number of benzene rings is 1. The Bertz CT molecular complexity index is 1690. The summed E-state index contributed by atoms with van der Waals surface area (Å²) in [6.45, 7) is 4.16. The van der Waals surface area contributed by atoms with Crippen molar-refractivity contribution in [3.63, 3.8) is 0 Å². The normalized spacial score (nSPS) is 17.0. The SMILES string of the molecule is CN(C)C(N)=NCCCC(NC(=O)CCCN1CCN(CC(=O)O)CCN(CC(=O)O)CC1)C(=O)NCCCCC(=O)NCc1ccc(C(=O)NCC(=O)N2CCCC2B(O)O)cc1. The fraction of sp³-hybridized carbons (Fsp3) is 0.659. The van der Waals surface area contributed by atoms with Crippen LogP contribution in [0.4, 0.5) is 0 Å². The molecule has 2 heterocycles. The molecule has 3 rings (SSSR count). The summed E-state index contributed by atoms with van der Waals surface area (Å²) in [4.78, 5) is 99.8. The number of nitrogens with one attached hydrogen (secondary N) is 4. The molecular formula is C41H68BN11O11. The van der Waals surface area contributed by atoms with E-state index >= 15 is 0 Å². The lowest BCUT2D eigenvalue weighted by Gasteiger charge is -2.25. The van der Waals surface area contributed by atoms with E-state index in [0.717, 1.165) is 5.56 Å². The Hall–Kier alpha value is -5.36. The second kappa shape index (κ2) is 28.4. The minimum absolute atomic E-state index is 0.138. The van der Waals surface area contributed by atoms with Gasteiger partial charge in [0.05, 0.1) is 25.6 Å². The lowest BCUT2D eigenvalue weighted by molar-refractivity contribution is -0.140. The van der Waals surface area contributed by atoms with E-state index in [0.29, 0.717) is 115 Å². The lowest BCUT2D eigenvalue weighted by atomic mass is 9.78. The molecule has 0 aliphatic carbocycles. The summed E-state index contributed by atoms with van der Waals surface area (Å²) >= 11 is 0. The maximum absolute atomic E-state index is 13.3. The highest BCUT2D eigenvalue weighted by atomic mass is 16.4. The van der Waals surface area contributed by atoms with E-state index in [4.69, 9.17) is 5.73 Å². The van der Waals surface area contributed by atoms with Crippen LogP contribution >= 0.6 is 0 Å². The summed E-state index contributed by atoms with van der Waals surface area (Å²) in [5.41, 5.74) is 6.98. The molecule has 2 atom stereocenters. The molecule has 2 saturated heterocycles. The van der Waals surface area contributed by atoms with Gasteiger partial charge in [-0.05, 0) is 69.2 Å². The van der Waals surface area contributed by atoms with Crippen LogP contribution in [0.3, 0.4) is 0 Å². The van der Waals surface area contributed by atoms with Crippen LogP contribution < -0.4 is 27.0 Å². The molecule has 64 heavy (non-hydrogen) atoms. The highest BCUT2D eigenvalue weighted by Gasteiger charge is 2.36. The van der Waals surface area contributed by atoms with Gasteiger partial charge in [-0.15, -0.1) is 0 Å². The molecule has 0 aromatic heterocycles. The van der Waals surface area contributed by atoms with Gasteiger partial charge in [-0.25, -0.2) is 0 Å². The summed E-state index contributed by atoms with van der Waals surface area (Å²) < 4.78 is 0. The Labute approximate surface area is 375 Å². The molecule has 10 N–H and O–H groups in total. The van der Waals surface area contributed by atoms with Crippen LogP contribution in [0.1, 0.15) is 73.7 Å². The van der Waals surface area contributed by atoms with E-state index in [-0.39, 0.29) is 63.3 Å². The topological polar surface area (TPSA) is 303 Å². The van der Waals surface area contributed by atoms with E-state index < -0.39 is 42.9 Å². The second-order valence-electron chi connectivity index (χ2n) is 16.3. The largest absolute Gasteiger partial charge is 0.480 e. The molecule has 0 bridgehead atoms. The monoisotopic (exact) mass is 902 g/mol. The highest BCUT2D eigenvalue weighted by molar-refractivity contribution is 6.43. The number of hydrogen-bond acceptors (Lipinski definition) is 13. The number of rotatable bonds is 25. The summed E-state index contributed by atoms with van der Waals surface area (Å²) in [7, 11) is 1.90. The van der Waals surface area contributed by atoms with Gasteiger partial charge in [0.25, 0.3) is 5.91 Å². The number of carboxylic acid groups (broad SMARTS) is 2. The van der Waals surface area contributed by atoms with Crippen LogP contribution in [0.5, 0.6) is 0 Å². The zero-order valence-electron chi connectivity index (χ0n) is 37.2. The zero-order valence-corrected chi connectivity index (χ0v) is 37.2. The Balaban J connectivity index is 1.41. The molecule has 356 valence electrons. The summed E-state index contributed by atoms with van der Waals surface area (Å²) in [6.07, 6.45) is 3.76. The van der Waals surface area contributed by atoms with Crippen LogP contribution in [0.15, 0.2) is 29.3 Å². The van der Waals surface area contributed by atoms with E-state index in [1.54, 1.807) is 53.1 Å². The standard InChI is InChI=1S/C41H68BN11O11/c1-49(2)41(43)45-17-5-8-32(48-35(55)11-7-18-50-20-22-51(28-37(57)58)24-25-52(23-21-50)29-38(59)60)40(62)44-16-4-3-10-34(54)46-26-30-12-14-31(15-13-30)39(61)47-27-36(56)53-19-6-9-33(53)42(63)64/h12-15,32-33,63-64H,3-11,16-29H2,1-2H3,(H2,43,45)(H,44,62)(H,46,54)(H,47,61)(H,48,55)(H,57,58)(H,59,60). The van der Waals surface area contributed by atoms with Gasteiger partial charge in [-0.3, -0.25) is 48.4 Å². The Morgan fingerprint density at radius 2 is 1.41 bits per heavy atom. The van der Waals surface area contributed by atoms with Crippen LogP contribution in [-0.2, 0) is 35.3 Å². The van der Waals surface area contributed by atoms with E-state index in [1.165, 1.54) is 4.90 Å². The van der Waals surface area contributed by atoms with Gasteiger partial charge in [0.2, 0.25) is 23.6 Å². The number of carbonyl (C=O) groups is 7. The number of unbranched alkanes of at least 4 members (excludes halogenated alkanes) is 1. The number of guanidine groups is 1. The molecule has 1 aromatic carbocycles. The number of likely N-dealkylation sites (tertiary alicyclic amines) is 1. The van der Waals surface area contributed by atoms with E-state index in [9.17, 15) is 53.8 Å². The Kier molecular flexibility index (Phi) is 23.5. The molecule has 2 unspecified atom stereocenters. The van der Waals surface area contributed by atoms with E-state index in [2.05, 4.69) is 31.2 Å². The molecule has 5 amide bonds. The molecule has 1 aromatic rings. The van der Waals surface area contributed by atoms with Gasteiger partial charge >= 0.3 is 19.1 Å². The summed E-state index contributed by atoms with van der Waals surface area (Å²) in [6, 6.07) is 5.73. The van der Waals surface area contributed by atoms with Crippen LogP contribution in [0, 0.1) is 0 Å². The zero-order chi connectivity index (χ0) is 47.0. The number of aliphatic imine (C=N–C) groups is 1. The van der Waals surface area contributed by atoms with Crippen molar-refractivity contribution >= 4 is 54.6 Å². The first kappa shape index (κ1) is 53.0. The smallest absolute Gasteiger partial charge is 0.475 e. The molecule has 2 aliphatic heterocycles. The summed E-state index contributed by atoms with van der Waals surface area (Å²) in [5.74, 6) is -3.97. The maximum atomic E-state index is 13.3. The fourth-order valence-electron chi connectivity index (χ4n) is 7.32. The van der Waals surface area contributed by atoms with Crippen LogP contribution in [0.25, 0.3) is 0 Å². The molecule has 2 aliphatic rings. The average molecular weight is 902 g/mol. The number of hydrogen-bond donors (Lipinski definition) is 9. The number of nitrogens with two attached hydrogens (primary N) is 1. The first-order valence-corrected chi connectivity index (χ1v) is 22.0. The minimum Gasteiger partial charge on any atom is -0.480 e. The number of amides is 5. The van der Waals surface area contributed by atoms with Crippen molar-refractivity contribution in [1.82, 2.24) is 45.8 Å². The molecule has 0 saturated carbocycles. The highest BCUT2D eigenvalue weighted by Crippen LogP contribution is 2.18. The Morgan fingerprint density at radius 3 is 2.00 bits per heavy atom. The second-order valence-corrected chi connectivity index (χ2v) is 16.3. The van der Waals surface area contributed by atoms with E-state index in [1.807, 2.05) is 0 Å². The minimum atomic E-state index is -1.64. The predicted octanol–water partition coefficient (Wildman–Crippen LogP) is -2.67. The third-order valence-electron chi connectivity index (χ3n) is 11.0. The molecule has 23 heteroatoms. The van der Waals surface area contributed by atoms with Gasteiger partial charge in [0.1, 0.15) is 6.04 Å². The quantitative estimate of drug-likeness (QED) is 0.0209. The maximum Gasteiger partial charge on any atom is 0.475 e. The van der Waals surface area contributed by atoms with Gasteiger partial charge < -0.3 is 62.0 Å². The molecular weight excluding hydrogens is 833 g/mol. The molecule has 22 nitrogen and oxygen atoms in total. The van der Waals surface area contributed by atoms with Crippen molar-refractivity contribution in [1.29, 1.82) is 0 Å². The van der Waals surface area contributed by atoms with Gasteiger partial charge in [-0.1, -0.05) is 12.1 Å². The number of nitrogens with zero attached hydrogens (tertiary/aromatic N) is 6. The van der Waals surface area contributed by atoms with Crippen LogP contribution in [-0.4, -0.2) is 210 Å². The van der Waals surface area contributed by atoms with Crippen molar-refractivity contribution in [2.24, 2.45) is 10.7 Å². The van der Waals surface area contributed by atoms with Crippen LogP contribution in [0.2, 0.25) is 0 Å². The van der Waals surface area contributed by atoms with Crippen molar-refractivity contribution in [2.45, 2.75) is 76.3 Å². The molecule has 2 fully saturated rings. The van der Waals surface area contributed by atoms with Crippen molar-refractivity contribution < 1.29 is 53.8 Å². The van der Waals surface area contributed by atoms with Gasteiger partial charge in [-0.2, -0.15) is 0 Å². The number of carboxylic acids is 2.